The molecule has 59 heavy (non-hydrogen) atoms. The molecule has 0 aliphatic rings. The molecule has 0 saturated carbocycles. The number of para-hydroxylation sites is 1. The van der Waals surface area contributed by atoms with Crippen molar-refractivity contribution in [3.05, 3.63) is 218 Å². The summed E-state index contributed by atoms with van der Waals surface area (Å²) >= 11 is 0. The van der Waals surface area contributed by atoms with Gasteiger partial charge in [0, 0.05) is 38.4 Å². The SMILES string of the molecule is c1ccc(-c2cccc(-c3cc(-c4ccc(-c5cc6c7cccc(-c8ccccc8-c8ccccc8)c7oc6c6ccccc56)cc4)nc(-c4ccccc4)n3)c2)cc1. The molecule has 3 heteroatoms. The van der Waals surface area contributed by atoms with Crippen LogP contribution in [0.25, 0.3) is 111 Å². The highest BCUT2D eigenvalue weighted by molar-refractivity contribution is 6.21. The van der Waals surface area contributed by atoms with Crippen LogP contribution in [0.5, 0.6) is 0 Å². The zero-order chi connectivity index (χ0) is 39.1. The van der Waals surface area contributed by atoms with Crippen molar-refractivity contribution in [2.24, 2.45) is 0 Å². The van der Waals surface area contributed by atoms with Gasteiger partial charge >= 0.3 is 0 Å². The monoisotopic (exact) mass is 752 g/mol. The van der Waals surface area contributed by atoms with Gasteiger partial charge in [-0.15, -0.1) is 0 Å². The number of nitrogens with zero attached hydrogens (tertiary/aromatic N) is 2. The van der Waals surface area contributed by atoms with Gasteiger partial charge in [-0.25, -0.2) is 9.97 Å². The van der Waals surface area contributed by atoms with Crippen molar-refractivity contribution in [2.75, 3.05) is 0 Å². The first-order chi connectivity index (χ1) is 29.2. The minimum Gasteiger partial charge on any atom is -0.455 e. The molecule has 0 spiro atoms. The first kappa shape index (κ1) is 34.4. The minimum atomic E-state index is 0.696. The lowest BCUT2D eigenvalue weighted by Crippen LogP contribution is -1.96. The number of benzene rings is 9. The van der Waals surface area contributed by atoms with E-state index in [0.29, 0.717) is 5.82 Å². The maximum absolute atomic E-state index is 6.92. The van der Waals surface area contributed by atoms with Crippen LogP contribution in [0.2, 0.25) is 0 Å². The van der Waals surface area contributed by atoms with E-state index in [9.17, 15) is 0 Å². The molecule has 0 aliphatic carbocycles. The van der Waals surface area contributed by atoms with Crippen molar-refractivity contribution in [2.45, 2.75) is 0 Å². The van der Waals surface area contributed by atoms with Crippen LogP contribution in [-0.2, 0) is 0 Å². The highest BCUT2D eigenvalue weighted by Gasteiger charge is 2.19. The van der Waals surface area contributed by atoms with Crippen LogP contribution in [0.1, 0.15) is 0 Å². The molecular formula is C56H36N2O. The van der Waals surface area contributed by atoms with Gasteiger partial charge in [0.05, 0.1) is 11.4 Å². The van der Waals surface area contributed by atoms with Crippen LogP contribution < -0.4 is 0 Å². The van der Waals surface area contributed by atoms with Gasteiger partial charge in [0.1, 0.15) is 11.2 Å². The van der Waals surface area contributed by atoms with Gasteiger partial charge < -0.3 is 4.42 Å². The molecule has 0 amide bonds. The molecule has 2 heterocycles. The van der Waals surface area contributed by atoms with E-state index < -0.39 is 0 Å². The second-order valence-corrected chi connectivity index (χ2v) is 14.9. The summed E-state index contributed by atoms with van der Waals surface area (Å²) in [6.45, 7) is 0. The zero-order valence-corrected chi connectivity index (χ0v) is 32.1. The van der Waals surface area contributed by atoms with Crippen LogP contribution in [0, 0.1) is 0 Å². The molecule has 0 N–H and O–H groups in total. The first-order valence-corrected chi connectivity index (χ1v) is 20.0. The number of hydrogen-bond acceptors (Lipinski definition) is 3. The smallest absolute Gasteiger partial charge is 0.160 e. The predicted octanol–water partition coefficient (Wildman–Crippen LogP) is 15.2. The minimum absolute atomic E-state index is 0.696. The Hall–Kier alpha value is -7.88. The Bertz CT molecular complexity index is 3300. The molecule has 276 valence electrons. The van der Waals surface area contributed by atoms with Crippen molar-refractivity contribution in [3.8, 4) is 78.4 Å². The van der Waals surface area contributed by atoms with Crippen LogP contribution in [0.15, 0.2) is 223 Å². The first-order valence-electron chi connectivity index (χ1n) is 20.0. The molecule has 0 bridgehead atoms. The van der Waals surface area contributed by atoms with E-state index >= 15 is 0 Å². The Morgan fingerprint density at radius 3 is 1.49 bits per heavy atom. The summed E-state index contributed by atoms with van der Waals surface area (Å²) in [6.07, 6.45) is 0. The van der Waals surface area contributed by atoms with Crippen molar-refractivity contribution in [3.63, 3.8) is 0 Å². The summed E-state index contributed by atoms with van der Waals surface area (Å²) in [5, 5.41) is 4.44. The largest absolute Gasteiger partial charge is 0.455 e. The molecule has 0 saturated heterocycles. The van der Waals surface area contributed by atoms with Crippen LogP contribution in [0.3, 0.4) is 0 Å². The normalized spacial score (nSPS) is 11.4. The number of aromatic nitrogens is 2. The van der Waals surface area contributed by atoms with E-state index in [1.54, 1.807) is 0 Å². The molecule has 0 fully saturated rings. The third-order valence-corrected chi connectivity index (χ3v) is 11.3. The Labute approximate surface area is 342 Å². The van der Waals surface area contributed by atoms with Crippen LogP contribution in [0.4, 0.5) is 0 Å². The van der Waals surface area contributed by atoms with Gasteiger partial charge in [0.25, 0.3) is 0 Å². The standard InChI is InChI=1S/C56H36N2O/c1-4-16-37(17-5-1)42-22-14-23-43(34-42)53-36-52(57-56(58-53)41-20-8-3-9-21-41)40-32-30-39(31-33-40)50-35-51-49-29-15-28-48(54(49)59-55(51)47-27-13-12-26-46(47)50)45-25-11-10-24-44(45)38-18-6-2-7-19-38/h1-36H. The molecule has 0 unspecified atom stereocenters. The van der Waals surface area contributed by atoms with Gasteiger partial charge in [0.15, 0.2) is 5.82 Å². The summed E-state index contributed by atoms with van der Waals surface area (Å²) in [5.74, 6) is 0.696. The number of hydrogen-bond donors (Lipinski definition) is 0. The predicted molar refractivity (Wildman–Crippen MR) is 245 cm³/mol. The fraction of sp³-hybridized carbons (Fsp3) is 0. The van der Waals surface area contributed by atoms with Crippen molar-refractivity contribution in [1.82, 2.24) is 9.97 Å². The third-order valence-electron chi connectivity index (χ3n) is 11.3. The summed E-state index contributed by atoms with van der Waals surface area (Å²) in [6, 6.07) is 76.8. The fourth-order valence-corrected chi connectivity index (χ4v) is 8.43. The fourth-order valence-electron chi connectivity index (χ4n) is 8.43. The second kappa shape index (κ2) is 14.6. The van der Waals surface area contributed by atoms with E-state index in [1.165, 1.54) is 16.7 Å². The average Bonchev–Trinajstić information content (AvgIpc) is 3.71. The van der Waals surface area contributed by atoms with Crippen molar-refractivity contribution < 1.29 is 4.42 Å². The average molecular weight is 753 g/mol. The van der Waals surface area contributed by atoms with Gasteiger partial charge in [-0.2, -0.15) is 0 Å². The lowest BCUT2D eigenvalue weighted by atomic mass is 9.92. The molecule has 3 nitrogen and oxygen atoms in total. The molecule has 9 aromatic carbocycles. The zero-order valence-electron chi connectivity index (χ0n) is 32.1. The Kier molecular flexibility index (Phi) is 8.49. The summed E-state index contributed by atoms with van der Waals surface area (Å²) < 4.78 is 6.92. The molecule has 11 rings (SSSR count). The Morgan fingerprint density at radius 1 is 0.254 bits per heavy atom. The van der Waals surface area contributed by atoms with E-state index in [1.807, 2.05) is 24.3 Å². The second-order valence-electron chi connectivity index (χ2n) is 14.9. The summed E-state index contributed by atoms with van der Waals surface area (Å²) in [5.41, 5.74) is 15.8. The molecular weight excluding hydrogens is 717 g/mol. The van der Waals surface area contributed by atoms with Crippen molar-refractivity contribution in [1.29, 1.82) is 0 Å². The summed E-state index contributed by atoms with van der Waals surface area (Å²) in [4.78, 5) is 10.2. The highest BCUT2D eigenvalue weighted by Crippen LogP contribution is 2.44. The molecule has 11 aromatic rings. The van der Waals surface area contributed by atoms with Crippen molar-refractivity contribution >= 4 is 32.7 Å². The quantitative estimate of drug-likeness (QED) is 0.163. The summed E-state index contributed by atoms with van der Waals surface area (Å²) in [7, 11) is 0. The van der Waals surface area contributed by atoms with Crippen LogP contribution >= 0.6 is 0 Å². The third kappa shape index (κ3) is 6.26. The van der Waals surface area contributed by atoms with Gasteiger partial charge in [-0.1, -0.05) is 200 Å². The number of rotatable bonds is 7. The van der Waals surface area contributed by atoms with E-state index in [-0.39, 0.29) is 0 Å². The Morgan fingerprint density at radius 2 is 0.746 bits per heavy atom. The van der Waals surface area contributed by atoms with Crippen LogP contribution in [-0.4, -0.2) is 9.97 Å². The lowest BCUT2D eigenvalue weighted by Gasteiger charge is -2.12. The number of furan rings is 1. The van der Waals surface area contributed by atoms with Gasteiger partial charge in [0.2, 0.25) is 0 Å². The molecule has 2 aromatic heterocycles. The molecule has 0 aliphatic heterocycles. The van der Waals surface area contributed by atoms with E-state index in [2.05, 4.69) is 194 Å². The Balaban J connectivity index is 1.03. The van der Waals surface area contributed by atoms with E-state index in [4.69, 9.17) is 14.4 Å². The number of fused-ring (bicyclic) bond motifs is 5. The maximum atomic E-state index is 6.92. The highest BCUT2D eigenvalue weighted by atomic mass is 16.3. The lowest BCUT2D eigenvalue weighted by molar-refractivity contribution is 0.674. The topological polar surface area (TPSA) is 38.9 Å². The molecule has 0 radical (unpaired) electrons. The van der Waals surface area contributed by atoms with E-state index in [0.717, 1.165) is 88.6 Å². The maximum Gasteiger partial charge on any atom is 0.160 e. The molecule has 0 atom stereocenters. The van der Waals surface area contributed by atoms with Gasteiger partial charge in [-0.3, -0.25) is 0 Å². The van der Waals surface area contributed by atoms with Gasteiger partial charge in [-0.05, 0) is 62.5 Å².